The molecule has 0 radical (unpaired) electrons. The van der Waals surface area contributed by atoms with Crippen LogP contribution in [0, 0.1) is 38.8 Å². The van der Waals surface area contributed by atoms with E-state index in [1.807, 2.05) is 0 Å². The van der Waals surface area contributed by atoms with E-state index < -0.39 is 32.3 Å². The minimum atomic E-state index is -1.52. The number of thioether (sulfide) groups is 1. The fourth-order valence-corrected chi connectivity index (χ4v) is 7.11. The largest absolute Gasteiger partial charge is 0.330 e. The van der Waals surface area contributed by atoms with E-state index in [-0.39, 0.29) is 45.6 Å². The summed E-state index contributed by atoms with van der Waals surface area (Å²) in [5, 5.41) is 39.3. The molecule has 0 fully saturated rings. The standard InChI is InChI=1S/C26H21F2N7O4S2/c1-15-30-31-25(40-15)33-26(16-5-4-6-18(13-16)34(36)37,41-24(32-33)20-14-17(27)9-10-22(20)28)21(11-12-29)19-7-2-3-8-23(19)35(38)39/h2-10,13-14,21H,11-12,29H2,1H3. The summed E-state index contributed by atoms with van der Waals surface area (Å²) in [5.74, 6) is -2.29. The molecule has 2 unspecified atom stereocenters. The van der Waals surface area contributed by atoms with E-state index in [1.54, 1.807) is 25.1 Å². The van der Waals surface area contributed by atoms with Crippen LogP contribution in [-0.4, -0.2) is 31.6 Å². The van der Waals surface area contributed by atoms with E-state index in [0.717, 1.165) is 41.3 Å². The first-order valence-corrected chi connectivity index (χ1v) is 13.8. The molecule has 210 valence electrons. The first-order chi connectivity index (χ1) is 19.6. The fourth-order valence-electron chi connectivity index (χ4n) is 4.82. The van der Waals surface area contributed by atoms with Gasteiger partial charge >= 0.3 is 0 Å². The van der Waals surface area contributed by atoms with E-state index in [4.69, 9.17) is 5.73 Å². The molecule has 5 rings (SSSR count). The van der Waals surface area contributed by atoms with Gasteiger partial charge in [-0.05, 0) is 43.7 Å². The number of non-ortho nitro benzene ring substituents is 1. The number of aryl methyl sites for hydroxylation is 1. The smallest absolute Gasteiger partial charge is 0.272 e. The van der Waals surface area contributed by atoms with Gasteiger partial charge in [0.05, 0.1) is 9.85 Å². The number of rotatable bonds is 9. The molecule has 4 aromatic rings. The lowest BCUT2D eigenvalue weighted by Crippen LogP contribution is -2.44. The molecular weight excluding hydrogens is 576 g/mol. The lowest BCUT2D eigenvalue weighted by atomic mass is 9.82. The zero-order valence-electron chi connectivity index (χ0n) is 21.3. The summed E-state index contributed by atoms with van der Waals surface area (Å²) in [5.41, 5.74) is 6.10. The maximum atomic E-state index is 15.1. The number of nitro benzene ring substituents is 2. The van der Waals surface area contributed by atoms with Crippen molar-refractivity contribution in [2.24, 2.45) is 10.8 Å². The van der Waals surface area contributed by atoms with Crippen LogP contribution in [0.3, 0.4) is 0 Å². The van der Waals surface area contributed by atoms with Gasteiger partial charge in [0.2, 0.25) is 5.13 Å². The van der Waals surface area contributed by atoms with E-state index in [9.17, 15) is 24.6 Å². The molecule has 2 heterocycles. The Labute approximate surface area is 240 Å². The number of anilines is 1. The van der Waals surface area contributed by atoms with E-state index in [1.165, 1.54) is 35.3 Å². The molecule has 3 aromatic carbocycles. The van der Waals surface area contributed by atoms with Crippen LogP contribution in [0.4, 0.5) is 25.3 Å². The summed E-state index contributed by atoms with van der Waals surface area (Å²) in [6, 6.07) is 14.8. The fraction of sp³-hybridized carbons (Fsp3) is 0.192. The lowest BCUT2D eigenvalue weighted by molar-refractivity contribution is -0.385. The average Bonchev–Trinajstić information content (AvgIpc) is 3.57. The zero-order chi connectivity index (χ0) is 29.3. The third-order valence-electron chi connectivity index (χ3n) is 6.52. The second-order valence-corrected chi connectivity index (χ2v) is 11.4. The topological polar surface area (TPSA) is 154 Å². The van der Waals surface area contributed by atoms with Crippen molar-refractivity contribution in [1.29, 1.82) is 0 Å². The number of aromatic nitrogens is 2. The summed E-state index contributed by atoms with van der Waals surface area (Å²) < 4.78 is 29.5. The summed E-state index contributed by atoms with van der Waals surface area (Å²) in [6.45, 7) is 1.79. The SMILES string of the molecule is Cc1nnc(N2N=C(c3cc(F)ccc3F)SC2(c2cccc([N+](=O)[O-])c2)C(CCN)c2ccccc2[N+](=O)[O-])s1. The predicted octanol–water partition coefficient (Wildman–Crippen LogP) is 5.84. The maximum absolute atomic E-state index is 15.1. The number of hydrogen-bond donors (Lipinski definition) is 1. The summed E-state index contributed by atoms with van der Waals surface area (Å²) in [7, 11) is 0. The van der Waals surface area contributed by atoms with Crippen LogP contribution in [0.1, 0.15) is 34.0 Å². The van der Waals surface area contributed by atoms with Gasteiger partial charge in [-0.15, -0.1) is 10.2 Å². The van der Waals surface area contributed by atoms with E-state index in [2.05, 4.69) is 15.3 Å². The van der Waals surface area contributed by atoms with Crippen LogP contribution < -0.4 is 10.7 Å². The minimum Gasteiger partial charge on any atom is -0.330 e. The highest BCUT2D eigenvalue weighted by Gasteiger charge is 2.55. The Hall–Kier alpha value is -4.34. The van der Waals surface area contributed by atoms with Crippen molar-refractivity contribution in [2.75, 3.05) is 11.6 Å². The Bertz CT molecular complexity index is 1690. The molecule has 1 aliphatic rings. The average molecular weight is 598 g/mol. The number of nitrogens with two attached hydrogens (primary N) is 1. The number of hydrazone groups is 1. The molecule has 0 spiro atoms. The molecule has 0 amide bonds. The molecule has 0 saturated carbocycles. The normalized spacial score (nSPS) is 17.4. The van der Waals surface area contributed by atoms with Gasteiger partial charge in [-0.25, -0.2) is 13.8 Å². The summed E-state index contributed by atoms with van der Waals surface area (Å²) in [4.78, 5) is 21.4. The monoisotopic (exact) mass is 597 g/mol. The van der Waals surface area contributed by atoms with Crippen molar-refractivity contribution in [2.45, 2.75) is 24.1 Å². The minimum absolute atomic E-state index is 0.0435. The highest BCUT2D eigenvalue weighted by molar-refractivity contribution is 8.15. The molecule has 11 nitrogen and oxygen atoms in total. The third kappa shape index (κ3) is 5.14. The highest BCUT2D eigenvalue weighted by Crippen LogP contribution is 2.59. The van der Waals surface area contributed by atoms with Gasteiger partial charge in [0.15, 0.2) is 0 Å². The van der Waals surface area contributed by atoms with Crippen LogP contribution >= 0.6 is 23.1 Å². The Morgan fingerprint density at radius 1 is 1.02 bits per heavy atom. The van der Waals surface area contributed by atoms with Gasteiger partial charge in [0.1, 0.15) is 26.6 Å². The van der Waals surface area contributed by atoms with Crippen LogP contribution in [0.2, 0.25) is 0 Å². The van der Waals surface area contributed by atoms with Crippen molar-refractivity contribution >= 4 is 44.6 Å². The first-order valence-electron chi connectivity index (χ1n) is 12.2. The van der Waals surface area contributed by atoms with E-state index >= 15 is 4.39 Å². The molecule has 1 aliphatic heterocycles. The van der Waals surface area contributed by atoms with Gasteiger partial charge in [-0.2, -0.15) is 5.10 Å². The molecule has 0 bridgehead atoms. The second-order valence-electron chi connectivity index (χ2n) is 9.00. The molecular formula is C26H21F2N7O4S2. The highest BCUT2D eigenvalue weighted by atomic mass is 32.2. The maximum Gasteiger partial charge on any atom is 0.272 e. The van der Waals surface area contributed by atoms with Gasteiger partial charge in [-0.3, -0.25) is 20.2 Å². The summed E-state index contributed by atoms with van der Waals surface area (Å²) >= 11 is 2.15. The molecule has 15 heteroatoms. The zero-order valence-corrected chi connectivity index (χ0v) is 22.9. The van der Waals surface area contributed by atoms with Crippen molar-refractivity contribution < 1.29 is 18.6 Å². The molecule has 0 aliphatic carbocycles. The van der Waals surface area contributed by atoms with Crippen LogP contribution in [0.15, 0.2) is 71.8 Å². The van der Waals surface area contributed by atoms with Gasteiger partial charge < -0.3 is 5.73 Å². The van der Waals surface area contributed by atoms with Crippen molar-refractivity contribution in [3.8, 4) is 0 Å². The number of halogens is 2. The predicted molar refractivity (Wildman–Crippen MR) is 152 cm³/mol. The molecule has 41 heavy (non-hydrogen) atoms. The Balaban J connectivity index is 1.86. The lowest BCUT2D eigenvalue weighted by Gasteiger charge is -2.41. The number of hydrogen-bond acceptors (Lipinski definition) is 11. The molecule has 2 atom stereocenters. The van der Waals surface area contributed by atoms with Crippen LogP contribution in [0.5, 0.6) is 0 Å². The second kappa shape index (κ2) is 11.3. The summed E-state index contributed by atoms with van der Waals surface area (Å²) in [6.07, 6.45) is 0.156. The Kier molecular flexibility index (Phi) is 7.75. The Morgan fingerprint density at radius 3 is 2.49 bits per heavy atom. The first kappa shape index (κ1) is 28.2. The third-order valence-corrected chi connectivity index (χ3v) is 8.83. The van der Waals surface area contributed by atoms with Gasteiger partial charge in [0.25, 0.3) is 11.4 Å². The Morgan fingerprint density at radius 2 is 1.80 bits per heavy atom. The number of para-hydroxylation sites is 1. The number of nitro groups is 2. The molecule has 1 aromatic heterocycles. The number of benzene rings is 3. The van der Waals surface area contributed by atoms with Crippen molar-refractivity contribution in [1.82, 2.24) is 10.2 Å². The van der Waals surface area contributed by atoms with Gasteiger partial charge in [-0.1, -0.05) is 53.4 Å². The van der Waals surface area contributed by atoms with Crippen LogP contribution in [-0.2, 0) is 4.87 Å². The van der Waals surface area contributed by atoms with E-state index in [0.29, 0.717) is 10.6 Å². The quantitative estimate of drug-likeness (QED) is 0.185. The van der Waals surface area contributed by atoms with Gasteiger partial charge in [0, 0.05) is 35.2 Å². The van der Waals surface area contributed by atoms with Crippen molar-refractivity contribution in [3.63, 3.8) is 0 Å². The van der Waals surface area contributed by atoms with Crippen molar-refractivity contribution in [3.05, 3.63) is 120 Å². The molecule has 0 saturated heterocycles. The van der Waals surface area contributed by atoms with Crippen LogP contribution in [0.25, 0.3) is 0 Å². The molecule has 2 N–H and O–H groups in total. The number of nitrogens with zero attached hydrogens (tertiary/aromatic N) is 6.